The van der Waals surface area contributed by atoms with Crippen molar-refractivity contribution in [2.24, 2.45) is 0 Å². The number of benzene rings is 1. The van der Waals surface area contributed by atoms with Crippen LogP contribution in [-0.4, -0.2) is 30.3 Å². The molecule has 0 saturated carbocycles. The van der Waals surface area contributed by atoms with Gasteiger partial charge >= 0.3 is 5.97 Å². The van der Waals surface area contributed by atoms with Crippen LogP contribution in [0.5, 0.6) is 11.5 Å². The zero-order valence-corrected chi connectivity index (χ0v) is 13.8. The van der Waals surface area contributed by atoms with Gasteiger partial charge in [0.15, 0.2) is 6.61 Å². The van der Waals surface area contributed by atoms with Crippen LogP contribution in [0.4, 0.5) is 0 Å². The standard InChI is InChI=1S/C16H14N2O5S/c1-20-10-5-6-12(21-2)11(8-10)16(19)22-9-14-17-15(18-23-14)13-4-3-7-24-13/h3-8H,9H2,1-2H3. The number of hydrogen-bond acceptors (Lipinski definition) is 8. The average Bonchev–Trinajstić information content (AvgIpc) is 3.30. The number of carbonyl (C=O) groups excluding carboxylic acids is 1. The molecule has 0 radical (unpaired) electrons. The lowest BCUT2D eigenvalue weighted by molar-refractivity contribution is 0.0426. The monoisotopic (exact) mass is 346 g/mol. The van der Waals surface area contributed by atoms with Crippen molar-refractivity contribution in [1.29, 1.82) is 0 Å². The van der Waals surface area contributed by atoms with Crippen molar-refractivity contribution in [3.8, 4) is 22.2 Å². The number of ether oxygens (including phenoxy) is 3. The molecule has 0 unspecified atom stereocenters. The number of hydrogen-bond donors (Lipinski definition) is 0. The van der Waals surface area contributed by atoms with Crippen LogP contribution < -0.4 is 9.47 Å². The summed E-state index contributed by atoms with van der Waals surface area (Å²) in [5.74, 6) is 1.04. The fraction of sp³-hybridized carbons (Fsp3) is 0.188. The maximum absolute atomic E-state index is 12.3. The molecule has 0 N–H and O–H groups in total. The van der Waals surface area contributed by atoms with Crippen molar-refractivity contribution >= 4 is 17.3 Å². The first kappa shape index (κ1) is 16.0. The highest BCUT2D eigenvalue weighted by molar-refractivity contribution is 7.13. The van der Waals surface area contributed by atoms with Crippen LogP contribution >= 0.6 is 11.3 Å². The van der Waals surface area contributed by atoms with Crippen LogP contribution in [0.3, 0.4) is 0 Å². The van der Waals surface area contributed by atoms with Crippen molar-refractivity contribution in [3.05, 3.63) is 47.2 Å². The van der Waals surface area contributed by atoms with Crippen LogP contribution in [0.2, 0.25) is 0 Å². The second-order valence-electron chi connectivity index (χ2n) is 4.63. The van der Waals surface area contributed by atoms with Gasteiger partial charge in [0.25, 0.3) is 5.89 Å². The molecule has 3 rings (SSSR count). The Morgan fingerprint density at radius 3 is 2.83 bits per heavy atom. The Hall–Kier alpha value is -2.87. The second-order valence-corrected chi connectivity index (χ2v) is 5.58. The lowest BCUT2D eigenvalue weighted by atomic mass is 10.2. The lowest BCUT2D eigenvalue weighted by Crippen LogP contribution is -2.07. The minimum Gasteiger partial charge on any atom is -0.497 e. The third kappa shape index (κ3) is 3.38. The minimum atomic E-state index is -0.568. The molecule has 2 heterocycles. The number of thiophene rings is 1. The van der Waals surface area contributed by atoms with E-state index in [1.54, 1.807) is 18.2 Å². The first-order valence-corrected chi connectivity index (χ1v) is 7.85. The van der Waals surface area contributed by atoms with Gasteiger partial charge in [-0.3, -0.25) is 0 Å². The summed E-state index contributed by atoms with van der Waals surface area (Å²) in [4.78, 5) is 17.3. The van der Waals surface area contributed by atoms with E-state index in [1.165, 1.54) is 25.6 Å². The Kier molecular flexibility index (Phi) is 4.76. The van der Waals surface area contributed by atoms with Crippen LogP contribution in [0.15, 0.2) is 40.2 Å². The molecule has 1 aromatic carbocycles. The van der Waals surface area contributed by atoms with Gasteiger partial charge in [-0.05, 0) is 29.6 Å². The van der Waals surface area contributed by atoms with Gasteiger partial charge < -0.3 is 18.7 Å². The molecular weight excluding hydrogens is 332 g/mol. The fourth-order valence-corrected chi connectivity index (χ4v) is 2.65. The maximum Gasteiger partial charge on any atom is 0.342 e. The predicted octanol–water partition coefficient (Wildman–Crippen LogP) is 3.17. The van der Waals surface area contributed by atoms with Crippen molar-refractivity contribution in [2.45, 2.75) is 6.61 Å². The molecule has 0 bridgehead atoms. The predicted molar refractivity (Wildman–Crippen MR) is 86.3 cm³/mol. The zero-order chi connectivity index (χ0) is 16.9. The van der Waals surface area contributed by atoms with Crippen LogP contribution in [0.25, 0.3) is 10.7 Å². The number of aromatic nitrogens is 2. The topological polar surface area (TPSA) is 83.7 Å². The summed E-state index contributed by atoms with van der Waals surface area (Å²) in [6, 6.07) is 8.65. The van der Waals surface area contributed by atoms with Crippen molar-refractivity contribution in [2.75, 3.05) is 14.2 Å². The Balaban J connectivity index is 1.70. The van der Waals surface area contributed by atoms with Crippen LogP contribution in [0, 0.1) is 0 Å². The zero-order valence-electron chi connectivity index (χ0n) is 13.0. The van der Waals surface area contributed by atoms with Gasteiger partial charge in [-0.25, -0.2) is 4.79 Å². The smallest absolute Gasteiger partial charge is 0.342 e. The molecule has 0 fully saturated rings. The summed E-state index contributed by atoms with van der Waals surface area (Å²) >= 11 is 1.50. The van der Waals surface area contributed by atoms with Gasteiger partial charge in [0, 0.05) is 0 Å². The van der Waals surface area contributed by atoms with E-state index in [1.807, 2.05) is 17.5 Å². The van der Waals surface area contributed by atoms with Crippen molar-refractivity contribution < 1.29 is 23.5 Å². The molecule has 24 heavy (non-hydrogen) atoms. The van der Waals surface area contributed by atoms with Gasteiger partial charge in [-0.1, -0.05) is 11.2 Å². The maximum atomic E-state index is 12.3. The van der Waals surface area contributed by atoms with Crippen LogP contribution in [0.1, 0.15) is 16.2 Å². The first-order chi connectivity index (χ1) is 11.7. The summed E-state index contributed by atoms with van der Waals surface area (Å²) in [5, 5.41) is 5.78. The molecule has 2 aromatic heterocycles. The van der Waals surface area contributed by atoms with Gasteiger partial charge in [-0.2, -0.15) is 4.98 Å². The van der Waals surface area contributed by atoms with E-state index >= 15 is 0 Å². The van der Waals surface area contributed by atoms with Gasteiger partial charge in [-0.15, -0.1) is 11.3 Å². The minimum absolute atomic E-state index is 0.127. The highest BCUT2D eigenvalue weighted by Crippen LogP contribution is 2.25. The highest BCUT2D eigenvalue weighted by Gasteiger charge is 2.17. The molecular formula is C16H14N2O5S. The fourth-order valence-electron chi connectivity index (χ4n) is 2.00. The molecule has 0 saturated heterocycles. The van der Waals surface area contributed by atoms with E-state index in [2.05, 4.69) is 10.1 Å². The average molecular weight is 346 g/mol. The quantitative estimate of drug-likeness (QED) is 0.634. The third-order valence-electron chi connectivity index (χ3n) is 3.16. The second kappa shape index (κ2) is 7.14. The number of esters is 1. The summed E-state index contributed by atoms with van der Waals surface area (Å²) in [5.41, 5.74) is 0.259. The Bertz CT molecular complexity index is 829. The molecule has 0 amide bonds. The SMILES string of the molecule is COc1ccc(OC)c(C(=O)OCc2nc(-c3cccs3)no2)c1. The Morgan fingerprint density at radius 2 is 2.12 bits per heavy atom. The number of carbonyl (C=O) groups is 1. The van der Waals surface area contributed by atoms with Gasteiger partial charge in [0.2, 0.25) is 5.82 Å². The molecule has 0 atom stereocenters. The summed E-state index contributed by atoms with van der Waals surface area (Å²) < 4.78 is 20.6. The Labute approximate surface area is 141 Å². The van der Waals surface area contributed by atoms with E-state index in [9.17, 15) is 4.79 Å². The molecule has 0 aliphatic carbocycles. The lowest BCUT2D eigenvalue weighted by Gasteiger charge is -2.09. The van der Waals surface area contributed by atoms with E-state index in [4.69, 9.17) is 18.7 Å². The molecule has 0 aliphatic rings. The third-order valence-corrected chi connectivity index (χ3v) is 4.03. The summed E-state index contributed by atoms with van der Waals surface area (Å²) in [6.07, 6.45) is 0. The molecule has 124 valence electrons. The normalized spacial score (nSPS) is 10.4. The molecule has 0 aliphatic heterocycles. The van der Waals surface area contributed by atoms with E-state index < -0.39 is 5.97 Å². The molecule has 0 spiro atoms. The van der Waals surface area contributed by atoms with Crippen molar-refractivity contribution in [1.82, 2.24) is 10.1 Å². The summed E-state index contributed by atoms with van der Waals surface area (Å²) in [6.45, 7) is -0.127. The van der Waals surface area contributed by atoms with E-state index in [0.717, 1.165) is 4.88 Å². The molecule has 8 heteroatoms. The highest BCUT2D eigenvalue weighted by atomic mass is 32.1. The number of methoxy groups -OCH3 is 2. The number of rotatable bonds is 6. The Morgan fingerprint density at radius 1 is 1.25 bits per heavy atom. The van der Waals surface area contributed by atoms with E-state index in [-0.39, 0.29) is 18.1 Å². The molecule has 3 aromatic rings. The van der Waals surface area contributed by atoms with Crippen LogP contribution in [-0.2, 0) is 11.3 Å². The first-order valence-electron chi connectivity index (χ1n) is 6.97. The van der Waals surface area contributed by atoms with Crippen molar-refractivity contribution in [3.63, 3.8) is 0 Å². The van der Waals surface area contributed by atoms with E-state index in [0.29, 0.717) is 17.3 Å². The van der Waals surface area contributed by atoms with Gasteiger partial charge in [0.05, 0.1) is 19.1 Å². The number of nitrogens with zero attached hydrogens (tertiary/aromatic N) is 2. The largest absolute Gasteiger partial charge is 0.497 e. The summed E-state index contributed by atoms with van der Waals surface area (Å²) in [7, 11) is 2.99. The molecule has 7 nitrogen and oxygen atoms in total. The van der Waals surface area contributed by atoms with Gasteiger partial charge in [0.1, 0.15) is 17.1 Å².